The van der Waals surface area contributed by atoms with Crippen LogP contribution in [-0.4, -0.2) is 30.1 Å². The highest BCUT2D eigenvalue weighted by molar-refractivity contribution is 5.99. The molecule has 1 aliphatic heterocycles. The van der Waals surface area contributed by atoms with E-state index in [0.29, 0.717) is 42.6 Å². The van der Waals surface area contributed by atoms with Crippen LogP contribution in [0.1, 0.15) is 20.3 Å². The van der Waals surface area contributed by atoms with E-state index in [2.05, 4.69) is 4.98 Å². The molecule has 7 nitrogen and oxygen atoms in total. The fourth-order valence-electron chi connectivity index (χ4n) is 2.79. The highest BCUT2D eigenvalue weighted by Crippen LogP contribution is 2.34. The van der Waals surface area contributed by atoms with Gasteiger partial charge < -0.3 is 20.9 Å². The number of aromatic nitrogens is 1. The molecule has 2 aromatic rings. The predicted octanol–water partition coefficient (Wildman–Crippen LogP) is 2.47. The molecule has 3 rings (SSSR count). The van der Waals surface area contributed by atoms with Crippen molar-refractivity contribution in [1.29, 1.82) is 0 Å². The Hall–Kier alpha value is -2.96. The molecule has 7 heteroatoms. The van der Waals surface area contributed by atoms with E-state index < -0.39 is 6.10 Å². The lowest BCUT2D eigenvalue weighted by Gasteiger charge is -2.35. The Labute approximate surface area is 152 Å². The molecule has 1 unspecified atom stereocenters. The van der Waals surface area contributed by atoms with Gasteiger partial charge in [-0.25, -0.2) is 4.98 Å². The summed E-state index contributed by atoms with van der Waals surface area (Å²) in [6.45, 7) is 4.86. The van der Waals surface area contributed by atoms with Gasteiger partial charge in [-0.2, -0.15) is 0 Å². The summed E-state index contributed by atoms with van der Waals surface area (Å²) in [5.74, 6) is 2.11. The lowest BCUT2D eigenvalue weighted by atomic mass is 10.0. The van der Waals surface area contributed by atoms with Crippen LogP contribution in [0.3, 0.4) is 0 Å². The molecule has 1 aromatic heterocycles. The molecule has 0 spiro atoms. The minimum atomic E-state index is -0.522. The summed E-state index contributed by atoms with van der Waals surface area (Å²) < 4.78 is 11.5. The lowest BCUT2D eigenvalue weighted by Crippen LogP contribution is -2.49. The van der Waals surface area contributed by atoms with Gasteiger partial charge in [0.15, 0.2) is 17.7 Å². The maximum atomic E-state index is 12.8. The number of nitrogen functional groups attached to an aromatic ring is 2. The third kappa shape index (κ3) is 3.82. The third-order valence-electron chi connectivity index (χ3n) is 4.16. The second-order valence-electron chi connectivity index (χ2n) is 6.60. The Morgan fingerprint density at radius 2 is 1.92 bits per heavy atom. The molecular weight excluding hydrogens is 332 g/mol. The van der Waals surface area contributed by atoms with Crippen molar-refractivity contribution in [3.8, 4) is 11.5 Å². The molecule has 1 aliphatic rings. The Bertz CT molecular complexity index is 777. The smallest absolute Gasteiger partial charge is 0.269 e. The van der Waals surface area contributed by atoms with Crippen molar-refractivity contribution in [1.82, 2.24) is 4.98 Å². The van der Waals surface area contributed by atoms with Crippen LogP contribution in [0.2, 0.25) is 0 Å². The molecule has 138 valence electrons. The van der Waals surface area contributed by atoms with Crippen LogP contribution in [0.15, 0.2) is 36.4 Å². The molecule has 0 bridgehead atoms. The van der Waals surface area contributed by atoms with E-state index in [9.17, 15) is 4.79 Å². The molecule has 1 aromatic carbocycles. The van der Waals surface area contributed by atoms with E-state index in [-0.39, 0.29) is 11.8 Å². The minimum absolute atomic E-state index is 0.0572. The summed E-state index contributed by atoms with van der Waals surface area (Å²) in [6, 6.07) is 10.7. The minimum Gasteiger partial charge on any atom is -0.494 e. The number of nitrogens with two attached hydrogens (primary N) is 2. The van der Waals surface area contributed by atoms with Gasteiger partial charge in [0.05, 0.1) is 6.61 Å². The van der Waals surface area contributed by atoms with Gasteiger partial charge >= 0.3 is 0 Å². The Balaban J connectivity index is 1.67. The monoisotopic (exact) mass is 356 g/mol. The van der Waals surface area contributed by atoms with Gasteiger partial charge in [-0.3, -0.25) is 9.69 Å². The normalized spacial score (nSPS) is 16.3. The zero-order valence-corrected chi connectivity index (χ0v) is 15.0. The molecule has 4 N–H and O–H groups in total. The van der Waals surface area contributed by atoms with Crippen molar-refractivity contribution in [2.75, 3.05) is 29.5 Å². The van der Waals surface area contributed by atoms with E-state index in [0.717, 1.165) is 5.75 Å². The number of hydrogen-bond acceptors (Lipinski definition) is 6. The largest absolute Gasteiger partial charge is 0.494 e. The van der Waals surface area contributed by atoms with Crippen molar-refractivity contribution in [2.24, 2.45) is 5.92 Å². The zero-order valence-electron chi connectivity index (χ0n) is 15.0. The number of carbonyl (C=O) groups is 1. The van der Waals surface area contributed by atoms with Gasteiger partial charge in [0.2, 0.25) is 0 Å². The maximum absolute atomic E-state index is 12.8. The zero-order chi connectivity index (χ0) is 18.7. The molecule has 2 heterocycles. The second-order valence-corrected chi connectivity index (χ2v) is 6.60. The van der Waals surface area contributed by atoms with E-state index in [1.807, 2.05) is 26.0 Å². The predicted molar refractivity (Wildman–Crippen MR) is 101 cm³/mol. The first-order valence-corrected chi connectivity index (χ1v) is 8.68. The summed E-state index contributed by atoms with van der Waals surface area (Å²) in [7, 11) is 0. The number of amides is 1. The van der Waals surface area contributed by atoms with Gasteiger partial charge in [-0.15, -0.1) is 0 Å². The summed E-state index contributed by atoms with van der Waals surface area (Å²) in [4.78, 5) is 18.7. The van der Waals surface area contributed by atoms with Crippen molar-refractivity contribution >= 4 is 23.2 Å². The van der Waals surface area contributed by atoms with E-state index in [1.54, 1.807) is 29.2 Å². The number of fused-ring (bicyclic) bond motifs is 1. The van der Waals surface area contributed by atoms with Gasteiger partial charge in [0.25, 0.3) is 5.91 Å². The molecular formula is C19H24N4O3. The van der Waals surface area contributed by atoms with E-state index in [4.69, 9.17) is 20.9 Å². The molecule has 0 saturated carbocycles. The third-order valence-corrected chi connectivity index (χ3v) is 4.16. The molecule has 1 amide bonds. The standard InChI is InChI=1S/C19H24N4O3/c1-12(2)17-19(24)23(18-15(26-17)8-9-16(21)22-18)10-3-11-25-14-6-4-13(20)5-7-14/h4-9,12,17H,3,10-11,20H2,1-2H3,(H2,21,22). The Morgan fingerprint density at radius 1 is 1.19 bits per heavy atom. The van der Waals surface area contributed by atoms with Crippen LogP contribution < -0.4 is 25.8 Å². The first kappa shape index (κ1) is 17.8. The average Bonchev–Trinajstić information content (AvgIpc) is 2.61. The Morgan fingerprint density at radius 3 is 2.62 bits per heavy atom. The average molecular weight is 356 g/mol. The molecule has 1 atom stereocenters. The second kappa shape index (κ2) is 7.51. The van der Waals surface area contributed by atoms with Crippen molar-refractivity contribution in [3.05, 3.63) is 36.4 Å². The van der Waals surface area contributed by atoms with Gasteiger partial charge in [0.1, 0.15) is 11.6 Å². The molecule has 26 heavy (non-hydrogen) atoms. The van der Waals surface area contributed by atoms with Gasteiger partial charge in [-0.1, -0.05) is 13.8 Å². The van der Waals surface area contributed by atoms with E-state index >= 15 is 0 Å². The number of rotatable bonds is 6. The number of carbonyl (C=O) groups excluding carboxylic acids is 1. The number of hydrogen-bond donors (Lipinski definition) is 2. The fraction of sp³-hybridized carbons (Fsp3) is 0.368. The fourth-order valence-corrected chi connectivity index (χ4v) is 2.79. The number of pyridine rings is 1. The van der Waals surface area contributed by atoms with Crippen molar-refractivity contribution in [3.63, 3.8) is 0 Å². The van der Waals surface area contributed by atoms with Crippen molar-refractivity contribution < 1.29 is 14.3 Å². The lowest BCUT2D eigenvalue weighted by molar-refractivity contribution is -0.128. The molecule has 0 aliphatic carbocycles. The molecule has 0 radical (unpaired) electrons. The molecule has 0 saturated heterocycles. The Kier molecular flexibility index (Phi) is 5.16. The van der Waals surface area contributed by atoms with Crippen LogP contribution in [0, 0.1) is 5.92 Å². The molecule has 0 fully saturated rings. The number of nitrogens with zero attached hydrogens (tertiary/aromatic N) is 2. The summed E-state index contributed by atoms with van der Waals surface area (Å²) >= 11 is 0. The number of benzene rings is 1. The highest BCUT2D eigenvalue weighted by Gasteiger charge is 2.37. The van der Waals surface area contributed by atoms with Crippen LogP contribution in [-0.2, 0) is 4.79 Å². The number of anilines is 3. The van der Waals surface area contributed by atoms with E-state index in [1.165, 1.54) is 0 Å². The van der Waals surface area contributed by atoms with Crippen LogP contribution in [0.5, 0.6) is 11.5 Å². The quantitative estimate of drug-likeness (QED) is 0.609. The summed E-state index contributed by atoms with van der Waals surface area (Å²) in [6.07, 6.45) is 0.127. The maximum Gasteiger partial charge on any atom is 0.269 e. The first-order chi connectivity index (χ1) is 12.5. The van der Waals surface area contributed by atoms with Crippen LogP contribution >= 0.6 is 0 Å². The number of ether oxygens (including phenoxy) is 2. The van der Waals surface area contributed by atoms with Crippen LogP contribution in [0.25, 0.3) is 0 Å². The van der Waals surface area contributed by atoms with Crippen molar-refractivity contribution in [2.45, 2.75) is 26.4 Å². The highest BCUT2D eigenvalue weighted by atomic mass is 16.5. The van der Waals surface area contributed by atoms with Gasteiger partial charge in [-0.05, 0) is 48.7 Å². The van der Waals surface area contributed by atoms with Crippen LogP contribution in [0.4, 0.5) is 17.3 Å². The SMILES string of the molecule is CC(C)C1Oc2ccc(N)nc2N(CCCOc2ccc(N)cc2)C1=O. The van der Waals surface area contributed by atoms with Gasteiger partial charge in [0, 0.05) is 12.2 Å². The summed E-state index contributed by atoms with van der Waals surface area (Å²) in [5, 5.41) is 0. The first-order valence-electron chi connectivity index (χ1n) is 8.68. The summed E-state index contributed by atoms with van der Waals surface area (Å²) in [5.41, 5.74) is 12.1. The topological polar surface area (TPSA) is 104 Å².